The van der Waals surface area contributed by atoms with Crippen molar-refractivity contribution in [1.82, 2.24) is 5.32 Å². The molecule has 0 aromatic heterocycles. The van der Waals surface area contributed by atoms with Crippen LogP contribution in [0.4, 0.5) is 0 Å². The van der Waals surface area contributed by atoms with E-state index in [0.29, 0.717) is 6.54 Å². The topological polar surface area (TPSA) is 73.6 Å². The third kappa shape index (κ3) is 3.38. The first-order valence-corrected chi connectivity index (χ1v) is 6.49. The van der Waals surface area contributed by atoms with Crippen LogP contribution in [-0.2, 0) is 11.2 Å². The van der Waals surface area contributed by atoms with Crippen LogP contribution in [0, 0.1) is 5.92 Å². The van der Waals surface area contributed by atoms with E-state index in [4.69, 9.17) is 15.2 Å². The zero-order valence-electron chi connectivity index (χ0n) is 11.3. The van der Waals surface area contributed by atoms with Gasteiger partial charge in [-0.05, 0) is 30.0 Å². The van der Waals surface area contributed by atoms with Gasteiger partial charge in [-0.1, -0.05) is 19.9 Å². The zero-order valence-corrected chi connectivity index (χ0v) is 11.3. The molecule has 2 rings (SSSR count). The molecule has 1 aliphatic heterocycles. The van der Waals surface area contributed by atoms with Crippen molar-refractivity contribution in [3.05, 3.63) is 23.8 Å². The van der Waals surface area contributed by atoms with Crippen LogP contribution in [-0.4, -0.2) is 25.3 Å². The fraction of sp³-hybridized carbons (Fsp3) is 0.500. The normalized spacial score (nSPS) is 14.5. The first kappa shape index (κ1) is 13.7. The maximum atomic E-state index is 11.7. The molecule has 1 amide bonds. The Kier molecular flexibility index (Phi) is 4.27. The Morgan fingerprint density at radius 1 is 1.37 bits per heavy atom. The van der Waals surface area contributed by atoms with Gasteiger partial charge in [0.1, 0.15) is 0 Å². The number of hydrogen-bond acceptors (Lipinski definition) is 4. The minimum Gasteiger partial charge on any atom is -0.454 e. The summed E-state index contributed by atoms with van der Waals surface area (Å²) in [4.78, 5) is 11.7. The van der Waals surface area contributed by atoms with Crippen molar-refractivity contribution in [2.24, 2.45) is 11.7 Å². The highest BCUT2D eigenvalue weighted by molar-refractivity contribution is 5.81. The van der Waals surface area contributed by atoms with E-state index >= 15 is 0 Å². The molecule has 5 nitrogen and oxygen atoms in total. The van der Waals surface area contributed by atoms with Gasteiger partial charge < -0.3 is 20.5 Å². The lowest BCUT2D eigenvalue weighted by molar-refractivity contribution is -0.123. The SMILES string of the molecule is CC(C)[C@@H](N)C(=O)NCCc1ccc2c(c1)OCO2. The Morgan fingerprint density at radius 3 is 2.84 bits per heavy atom. The largest absolute Gasteiger partial charge is 0.454 e. The number of fused-ring (bicyclic) bond motifs is 1. The lowest BCUT2D eigenvalue weighted by atomic mass is 10.0. The molecule has 1 heterocycles. The van der Waals surface area contributed by atoms with Gasteiger partial charge in [0.2, 0.25) is 12.7 Å². The molecular formula is C14H20N2O3. The van der Waals surface area contributed by atoms with Crippen molar-refractivity contribution in [2.45, 2.75) is 26.3 Å². The lowest BCUT2D eigenvalue weighted by Gasteiger charge is -2.15. The summed E-state index contributed by atoms with van der Waals surface area (Å²) in [5, 5.41) is 2.84. The summed E-state index contributed by atoms with van der Waals surface area (Å²) in [6.45, 7) is 4.71. The van der Waals surface area contributed by atoms with Crippen molar-refractivity contribution in [2.75, 3.05) is 13.3 Å². The monoisotopic (exact) mass is 264 g/mol. The second-order valence-corrected chi connectivity index (χ2v) is 5.00. The summed E-state index contributed by atoms with van der Waals surface area (Å²) in [7, 11) is 0. The molecule has 0 saturated carbocycles. The molecule has 19 heavy (non-hydrogen) atoms. The fourth-order valence-electron chi connectivity index (χ4n) is 1.85. The average Bonchev–Trinajstić information content (AvgIpc) is 2.84. The Labute approximate surface area is 113 Å². The van der Waals surface area contributed by atoms with Crippen molar-refractivity contribution in [3.63, 3.8) is 0 Å². The van der Waals surface area contributed by atoms with Gasteiger partial charge in [0.25, 0.3) is 0 Å². The Bertz CT molecular complexity index is 460. The molecular weight excluding hydrogens is 244 g/mol. The third-order valence-corrected chi connectivity index (χ3v) is 3.17. The van der Waals surface area contributed by atoms with Crippen molar-refractivity contribution in [3.8, 4) is 11.5 Å². The van der Waals surface area contributed by atoms with Crippen LogP contribution < -0.4 is 20.5 Å². The summed E-state index contributed by atoms with van der Waals surface area (Å²) in [6.07, 6.45) is 0.743. The van der Waals surface area contributed by atoms with Gasteiger partial charge in [-0.25, -0.2) is 0 Å². The highest BCUT2D eigenvalue weighted by atomic mass is 16.7. The summed E-state index contributed by atoms with van der Waals surface area (Å²) in [5.74, 6) is 1.58. The van der Waals surface area contributed by atoms with Crippen LogP contribution in [0.3, 0.4) is 0 Å². The maximum absolute atomic E-state index is 11.7. The maximum Gasteiger partial charge on any atom is 0.237 e. The van der Waals surface area contributed by atoms with E-state index < -0.39 is 6.04 Å². The van der Waals surface area contributed by atoms with Gasteiger partial charge in [-0.3, -0.25) is 4.79 Å². The Balaban J connectivity index is 1.81. The number of ether oxygens (including phenoxy) is 2. The predicted octanol–water partition coefficient (Wildman–Crippen LogP) is 1.06. The number of amides is 1. The van der Waals surface area contributed by atoms with Crippen LogP contribution in [0.15, 0.2) is 18.2 Å². The number of benzene rings is 1. The smallest absolute Gasteiger partial charge is 0.237 e. The quantitative estimate of drug-likeness (QED) is 0.834. The standard InChI is InChI=1S/C14H20N2O3/c1-9(2)13(15)14(17)16-6-5-10-3-4-11-12(7-10)19-8-18-11/h3-4,7,9,13H,5-6,8,15H2,1-2H3,(H,16,17)/t13-/m1/s1. The molecule has 0 fully saturated rings. The molecule has 0 aliphatic carbocycles. The minimum atomic E-state index is -0.447. The van der Waals surface area contributed by atoms with E-state index in [1.54, 1.807) is 0 Å². The predicted molar refractivity (Wildman–Crippen MR) is 72.1 cm³/mol. The summed E-state index contributed by atoms with van der Waals surface area (Å²) >= 11 is 0. The lowest BCUT2D eigenvalue weighted by Crippen LogP contribution is -2.44. The van der Waals surface area contributed by atoms with Crippen molar-refractivity contribution >= 4 is 5.91 Å². The Hall–Kier alpha value is -1.75. The zero-order chi connectivity index (χ0) is 13.8. The van der Waals surface area contributed by atoms with Gasteiger partial charge >= 0.3 is 0 Å². The molecule has 104 valence electrons. The van der Waals surface area contributed by atoms with Crippen molar-refractivity contribution < 1.29 is 14.3 Å². The van der Waals surface area contributed by atoms with E-state index in [1.165, 1.54) is 0 Å². The van der Waals surface area contributed by atoms with Gasteiger partial charge in [0, 0.05) is 6.54 Å². The van der Waals surface area contributed by atoms with Gasteiger partial charge in [0.15, 0.2) is 11.5 Å². The number of carbonyl (C=O) groups excluding carboxylic acids is 1. The molecule has 3 N–H and O–H groups in total. The fourth-order valence-corrected chi connectivity index (χ4v) is 1.85. The van der Waals surface area contributed by atoms with Crippen LogP contribution in [0.5, 0.6) is 11.5 Å². The minimum absolute atomic E-state index is 0.101. The Morgan fingerprint density at radius 2 is 2.11 bits per heavy atom. The molecule has 1 aliphatic rings. The van der Waals surface area contributed by atoms with Crippen LogP contribution in [0.1, 0.15) is 19.4 Å². The molecule has 0 radical (unpaired) electrons. The summed E-state index contributed by atoms with van der Waals surface area (Å²) < 4.78 is 10.6. The molecule has 0 saturated heterocycles. The number of nitrogens with one attached hydrogen (secondary N) is 1. The van der Waals surface area contributed by atoms with Crippen LogP contribution in [0.25, 0.3) is 0 Å². The number of nitrogens with two attached hydrogens (primary N) is 1. The van der Waals surface area contributed by atoms with Gasteiger partial charge in [-0.15, -0.1) is 0 Å². The summed E-state index contributed by atoms with van der Waals surface area (Å²) in [5.41, 5.74) is 6.86. The van der Waals surface area contributed by atoms with Gasteiger partial charge in [-0.2, -0.15) is 0 Å². The number of hydrogen-bond donors (Lipinski definition) is 2. The first-order valence-electron chi connectivity index (χ1n) is 6.49. The van der Waals surface area contributed by atoms with E-state index in [-0.39, 0.29) is 18.6 Å². The molecule has 5 heteroatoms. The first-order chi connectivity index (χ1) is 9.08. The van der Waals surface area contributed by atoms with Gasteiger partial charge in [0.05, 0.1) is 6.04 Å². The third-order valence-electron chi connectivity index (χ3n) is 3.17. The molecule has 1 aromatic rings. The van der Waals surface area contributed by atoms with E-state index in [2.05, 4.69) is 5.32 Å². The van der Waals surface area contributed by atoms with E-state index in [0.717, 1.165) is 23.5 Å². The number of rotatable bonds is 5. The van der Waals surface area contributed by atoms with E-state index in [1.807, 2.05) is 32.0 Å². The van der Waals surface area contributed by atoms with E-state index in [9.17, 15) is 4.79 Å². The molecule has 0 spiro atoms. The number of carbonyl (C=O) groups is 1. The van der Waals surface area contributed by atoms with Crippen molar-refractivity contribution in [1.29, 1.82) is 0 Å². The second-order valence-electron chi connectivity index (χ2n) is 5.00. The second kappa shape index (κ2) is 5.93. The van der Waals surface area contributed by atoms with Crippen LogP contribution in [0.2, 0.25) is 0 Å². The summed E-state index contributed by atoms with van der Waals surface area (Å²) in [6, 6.07) is 5.36. The molecule has 1 aromatic carbocycles. The van der Waals surface area contributed by atoms with Crippen LogP contribution >= 0.6 is 0 Å². The molecule has 0 bridgehead atoms. The average molecular weight is 264 g/mol. The molecule has 0 unspecified atom stereocenters. The highest BCUT2D eigenvalue weighted by Gasteiger charge is 2.17. The highest BCUT2D eigenvalue weighted by Crippen LogP contribution is 2.32. The molecule has 1 atom stereocenters.